The number of rotatable bonds is 0. The Bertz CT molecular complexity index is 733. The number of benzene rings is 1. The van der Waals surface area contributed by atoms with Gasteiger partial charge >= 0.3 is 12.4 Å². The third kappa shape index (κ3) is 2.58. The highest BCUT2D eigenvalue weighted by molar-refractivity contribution is 6.35. The minimum atomic E-state index is -5.03. The lowest BCUT2D eigenvalue weighted by atomic mass is 10.2. The topological polar surface area (TPSA) is 45.8 Å². The van der Waals surface area contributed by atoms with E-state index in [0.717, 1.165) is 0 Å². The van der Waals surface area contributed by atoms with Crippen LogP contribution in [0, 0.1) is 0 Å². The van der Waals surface area contributed by atoms with Gasteiger partial charge < -0.3 is 4.98 Å². The highest BCUT2D eigenvalue weighted by Crippen LogP contribution is 2.34. The second-order valence-corrected chi connectivity index (χ2v) is 4.17. The van der Waals surface area contributed by atoms with E-state index in [9.17, 15) is 31.1 Å². The van der Waals surface area contributed by atoms with Crippen LogP contribution in [0.15, 0.2) is 16.9 Å². The van der Waals surface area contributed by atoms with Gasteiger partial charge in [0, 0.05) is 0 Å². The number of halogens is 7. The first-order valence-electron chi connectivity index (χ1n) is 4.88. The fourth-order valence-corrected chi connectivity index (χ4v) is 1.77. The van der Waals surface area contributed by atoms with Crippen molar-refractivity contribution in [3.8, 4) is 0 Å². The van der Waals surface area contributed by atoms with Gasteiger partial charge in [0.2, 0.25) is 5.69 Å². The summed E-state index contributed by atoms with van der Waals surface area (Å²) in [6, 6.07) is 0.908. The molecule has 0 amide bonds. The maximum Gasteiger partial charge on any atom is 0.438 e. The van der Waals surface area contributed by atoms with Crippen molar-refractivity contribution in [3.05, 3.63) is 38.8 Å². The standard InChI is InChI=1S/C10H3ClF6N2O/c11-4-1-3(9(12,13)14)2-5-6(4)19-7(8(20)18-5)10(15,16)17/h1-2H,(H,18,20). The van der Waals surface area contributed by atoms with Crippen molar-refractivity contribution in [2.45, 2.75) is 12.4 Å². The molecule has 1 aromatic heterocycles. The molecule has 2 rings (SSSR count). The van der Waals surface area contributed by atoms with Crippen LogP contribution in [0.1, 0.15) is 11.3 Å². The second kappa shape index (κ2) is 4.37. The van der Waals surface area contributed by atoms with E-state index in [1.165, 1.54) is 0 Å². The summed E-state index contributed by atoms with van der Waals surface area (Å²) in [6.45, 7) is 0. The summed E-state index contributed by atoms with van der Waals surface area (Å²) in [6.07, 6.45) is -9.79. The molecule has 0 bridgehead atoms. The number of nitrogens with one attached hydrogen (secondary N) is 1. The lowest BCUT2D eigenvalue weighted by molar-refractivity contribution is -0.142. The number of H-pyrrole nitrogens is 1. The Morgan fingerprint density at radius 1 is 1.05 bits per heavy atom. The molecule has 0 saturated carbocycles. The van der Waals surface area contributed by atoms with Crippen LogP contribution in [0.5, 0.6) is 0 Å². The van der Waals surface area contributed by atoms with Crippen LogP contribution in [0.4, 0.5) is 26.3 Å². The molecule has 0 atom stereocenters. The Kier molecular flexibility index (Phi) is 3.20. The van der Waals surface area contributed by atoms with E-state index in [1.807, 2.05) is 0 Å². The van der Waals surface area contributed by atoms with E-state index in [-0.39, 0.29) is 0 Å². The molecule has 1 aromatic carbocycles. The molecule has 0 unspecified atom stereocenters. The summed E-state index contributed by atoms with van der Waals surface area (Å²) in [5, 5.41) is -0.642. The summed E-state index contributed by atoms with van der Waals surface area (Å²) >= 11 is 5.49. The van der Waals surface area contributed by atoms with Gasteiger partial charge in [-0.25, -0.2) is 4.98 Å². The van der Waals surface area contributed by atoms with Gasteiger partial charge in [-0.05, 0) is 12.1 Å². The van der Waals surface area contributed by atoms with Crippen molar-refractivity contribution in [2.75, 3.05) is 0 Å². The third-order valence-electron chi connectivity index (χ3n) is 2.35. The molecule has 0 radical (unpaired) electrons. The van der Waals surface area contributed by atoms with E-state index < -0.39 is 45.2 Å². The summed E-state index contributed by atoms with van der Waals surface area (Å²) < 4.78 is 75.0. The maximum atomic E-state index is 12.5. The predicted molar refractivity (Wildman–Crippen MR) is 57.4 cm³/mol. The van der Waals surface area contributed by atoms with Gasteiger partial charge in [0.05, 0.1) is 16.1 Å². The molecule has 0 aliphatic heterocycles. The first-order chi connectivity index (χ1) is 9.00. The molecule has 0 spiro atoms. The molecular formula is C10H3ClF6N2O. The molecule has 0 fully saturated rings. The average molecular weight is 317 g/mol. The van der Waals surface area contributed by atoms with Crippen molar-refractivity contribution in [3.63, 3.8) is 0 Å². The fraction of sp³-hybridized carbons (Fsp3) is 0.200. The van der Waals surface area contributed by atoms with Crippen LogP contribution in [0.25, 0.3) is 11.0 Å². The SMILES string of the molecule is O=c1[nH]c2cc(C(F)(F)F)cc(Cl)c2nc1C(F)(F)F. The molecule has 0 aliphatic carbocycles. The van der Waals surface area contributed by atoms with Gasteiger partial charge in [0.15, 0.2) is 0 Å². The number of fused-ring (bicyclic) bond motifs is 1. The first kappa shape index (κ1) is 14.6. The fourth-order valence-electron chi connectivity index (χ4n) is 1.51. The number of nitrogens with zero attached hydrogens (tertiary/aromatic N) is 1. The predicted octanol–water partition coefficient (Wildman–Crippen LogP) is 3.61. The second-order valence-electron chi connectivity index (χ2n) is 3.76. The Morgan fingerprint density at radius 3 is 2.15 bits per heavy atom. The number of aromatic amines is 1. The first-order valence-corrected chi connectivity index (χ1v) is 5.26. The van der Waals surface area contributed by atoms with Crippen molar-refractivity contribution in [1.29, 1.82) is 0 Å². The Labute approximate surface area is 111 Å². The quantitative estimate of drug-likeness (QED) is 0.755. The van der Waals surface area contributed by atoms with Crippen molar-refractivity contribution < 1.29 is 26.3 Å². The number of alkyl halides is 6. The van der Waals surface area contributed by atoms with E-state index >= 15 is 0 Å². The van der Waals surface area contributed by atoms with Gasteiger partial charge in [-0.3, -0.25) is 4.79 Å². The summed E-state index contributed by atoms with van der Waals surface area (Å²) in [5.41, 5.74) is -5.70. The summed E-state index contributed by atoms with van der Waals surface area (Å²) in [5.74, 6) is 0. The van der Waals surface area contributed by atoms with Crippen LogP contribution in [0.3, 0.4) is 0 Å². The minimum Gasteiger partial charge on any atom is -0.319 e. The number of hydrogen-bond donors (Lipinski definition) is 1. The van der Waals surface area contributed by atoms with E-state index in [2.05, 4.69) is 4.98 Å². The van der Waals surface area contributed by atoms with Gasteiger partial charge in [-0.2, -0.15) is 26.3 Å². The molecule has 10 heteroatoms. The Morgan fingerprint density at radius 2 is 1.65 bits per heavy atom. The normalized spacial score (nSPS) is 12.9. The summed E-state index contributed by atoms with van der Waals surface area (Å²) in [7, 11) is 0. The third-order valence-corrected chi connectivity index (χ3v) is 2.63. The Balaban J connectivity index is 2.80. The smallest absolute Gasteiger partial charge is 0.319 e. The molecular weight excluding hydrogens is 314 g/mol. The molecule has 3 nitrogen and oxygen atoms in total. The molecule has 108 valence electrons. The van der Waals surface area contributed by atoms with Gasteiger partial charge in [0.1, 0.15) is 5.52 Å². The van der Waals surface area contributed by atoms with Gasteiger partial charge in [-0.15, -0.1) is 0 Å². The van der Waals surface area contributed by atoms with Gasteiger partial charge in [0.25, 0.3) is 5.56 Å². The Hall–Kier alpha value is -1.77. The zero-order valence-corrected chi connectivity index (χ0v) is 9.91. The largest absolute Gasteiger partial charge is 0.438 e. The number of hydrogen-bond acceptors (Lipinski definition) is 2. The molecule has 20 heavy (non-hydrogen) atoms. The van der Waals surface area contributed by atoms with Crippen LogP contribution in [0.2, 0.25) is 5.02 Å². The maximum absolute atomic E-state index is 12.5. The lowest BCUT2D eigenvalue weighted by Gasteiger charge is -2.10. The van der Waals surface area contributed by atoms with Crippen LogP contribution >= 0.6 is 11.6 Å². The van der Waals surface area contributed by atoms with Crippen LogP contribution in [-0.2, 0) is 12.4 Å². The van der Waals surface area contributed by atoms with Crippen molar-refractivity contribution in [1.82, 2.24) is 9.97 Å². The van der Waals surface area contributed by atoms with Crippen LogP contribution < -0.4 is 5.56 Å². The molecule has 1 heterocycles. The molecule has 1 N–H and O–H groups in total. The van der Waals surface area contributed by atoms with Crippen molar-refractivity contribution in [2.24, 2.45) is 0 Å². The molecule has 0 aliphatic rings. The molecule has 2 aromatic rings. The van der Waals surface area contributed by atoms with Crippen LogP contribution in [-0.4, -0.2) is 9.97 Å². The van der Waals surface area contributed by atoms with Gasteiger partial charge in [-0.1, -0.05) is 11.6 Å². The van der Waals surface area contributed by atoms with Crippen molar-refractivity contribution >= 4 is 22.6 Å². The monoisotopic (exact) mass is 316 g/mol. The van der Waals surface area contributed by atoms with E-state index in [1.54, 1.807) is 4.98 Å². The average Bonchev–Trinajstić information content (AvgIpc) is 2.24. The zero-order chi connectivity index (χ0) is 15.3. The van der Waals surface area contributed by atoms with E-state index in [4.69, 9.17) is 11.6 Å². The van der Waals surface area contributed by atoms with E-state index in [0.29, 0.717) is 12.1 Å². The summed E-state index contributed by atoms with van der Waals surface area (Å²) in [4.78, 5) is 15.9. The lowest BCUT2D eigenvalue weighted by Crippen LogP contribution is -2.24. The number of aromatic nitrogens is 2. The highest BCUT2D eigenvalue weighted by Gasteiger charge is 2.37. The highest BCUT2D eigenvalue weighted by atomic mass is 35.5. The minimum absolute atomic E-state index is 0.440. The zero-order valence-electron chi connectivity index (χ0n) is 9.16. The molecule has 0 saturated heterocycles.